The van der Waals surface area contributed by atoms with Crippen molar-refractivity contribution in [3.05, 3.63) is 70.5 Å². The van der Waals surface area contributed by atoms with Crippen LogP contribution in [0.5, 0.6) is 0 Å². The van der Waals surface area contributed by atoms with Gasteiger partial charge in [0.1, 0.15) is 0 Å². The van der Waals surface area contributed by atoms with E-state index in [1.165, 1.54) is 16.0 Å². The van der Waals surface area contributed by atoms with Crippen LogP contribution in [0.25, 0.3) is 26.6 Å². The average molecular weight is 359 g/mol. The monoisotopic (exact) mass is 359 g/mol. The van der Waals surface area contributed by atoms with Gasteiger partial charge >= 0.3 is 0 Å². The number of aliphatic imine (C=N–C) groups is 1. The summed E-state index contributed by atoms with van der Waals surface area (Å²) in [5.41, 5.74) is 2.75. The topological polar surface area (TPSA) is 86.8 Å². The van der Waals surface area contributed by atoms with Crippen molar-refractivity contribution in [1.82, 2.24) is 14.8 Å². The van der Waals surface area contributed by atoms with Crippen molar-refractivity contribution in [2.24, 2.45) is 4.99 Å². The highest BCUT2D eigenvalue weighted by molar-refractivity contribution is 7.20. The van der Waals surface area contributed by atoms with Crippen LogP contribution in [0.4, 0.5) is 0 Å². The molecule has 0 radical (unpaired) electrons. The maximum absolute atomic E-state index is 13.1. The van der Waals surface area contributed by atoms with Crippen LogP contribution in [0.2, 0.25) is 0 Å². The zero-order valence-electron chi connectivity index (χ0n) is 13.8. The molecule has 0 fully saturated rings. The molecule has 0 saturated heterocycles. The first-order chi connectivity index (χ1) is 12.7. The number of aromatic nitrogens is 3. The molecule has 0 amide bonds. The molecule has 2 aromatic carbocycles. The van der Waals surface area contributed by atoms with E-state index in [9.17, 15) is 4.79 Å². The number of hydrogen-bond acceptors (Lipinski definition) is 5. The van der Waals surface area contributed by atoms with Gasteiger partial charge in [0.05, 0.1) is 27.2 Å². The second-order valence-electron chi connectivity index (χ2n) is 5.63. The second-order valence-corrected chi connectivity index (χ2v) is 6.64. The van der Waals surface area contributed by atoms with Gasteiger partial charge in [-0.05, 0) is 19.1 Å². The number of fused-ring (bicyclic) bond motifs is 1. The van der Waals surface area contributed by atoms with E-state index in [1.807, 2.05) is 54.6 Å². The molecule has 0 aliphatic carbocycles. The molecule has 1 N–H and O–H groups in total. The van der Waals surface area contributed by atoms with Crippen LogP contribution in [0.1, 0.15) is 12.5 Å². The Morgan fingerprint density at radius 3 is 2.65 bits per heavy atom. The molecule has 0 atom stereocenters. The molecule has 0 spiro atoms. The molecule has 2 heterocycles. The summed E-state index contributed by atoms with van der Waals surface area (Å²) in [6.07, 6.45) is 1.76. The minimum absolute atomic E-state index is 0.278. The van der Waals surface area contributed by atoms with E-state index in [-0.39, 0.29) is 5.56 Å². The van der Waals surface area contributed by atoms with Crippen molar-refractivity contribution in [3.63, 3.8) is 0 Å². The molecule has 0 saturated carbocycles. The number of nitrogens with one attached hydrogen (secondary N) is 1. The Hall–Kier alpha value is -3.50. The van der Waals surface area contributed by atoms with Crippen molar-refractivity contribution in [1.29, 1.82) is 5.26 Å². The molecular weight excluding hydrogens is 346 g/mol. The molecule has 4 rings (SSSR count). The number of para-hydroxylation sites is 1. The molecule has 0 aliphatic rings. The smallest absolute Gasteiger partial charge is 0.283 e. The van der Waals surface area contributed by atoms with Gasteiger partial charge in [-0.3, -0.25) is 9.89 Å². The molecule has 126 valence electrons. The summed E-state index contributed by atoms with van der Waals surface area (Å²) >= 11 is 1.42. The summed E-state index contributed by atoms with van der Waals surface area (Å²) in [6.45, 7) is 1.66. The van der Waals surface area contributed by atoms with Crippen molar-refractivity contribution in [2.75, 3.05) is 0 Å². The Balaban J connectivity index is 1.98. The highest BCUT2D eigenvalue weighted by Gasteiger charge is 2.20. The van der Waals surface area contributed by atoms with Gasteiger partial charge in [-0.1, -0.05) is 53.8 Å². The zero-order chi connectivity index (χ0) is 18.1. The minimum Gasteiger partial charge on any atom is -0.288 e. The average Bonchev–Trinajstić information content (AvgIpc) is 3.23. The summed E-state index contributed by atoms with van der Waals surface area (Å²) in [5.74, 6) is 0. The Morgan fingerprint density at radius 2 is 1.92 bits per heavy atom. The Bertz CT molecular complexity index is 1190. The zero-order valence-corrected chi connectivity index (χ0v) is 14.6. The van der Waals surface area contributed by atoms with Crippen molar-refractivity contribution in [2.45, 2.75) is 6.92 Å². The van der Waals surface area contributed by atoms with Gasteiger partial charge in [0.2, 0.25) is 11.3 Å². The molecule has 6 nitrogen and oxygen atoms in total. The van der Waals surface area contributed by atoms with E-state index in [2.05, 4.69) is 15.1 Å². The fourth-order valence-electron chi connectivity index (χ4n) is 2.81. The van der Waals surface area contributed by atoms with Crippen molar-refractivity contribution >= 4 is 27.3 Å². The largest absolute Gasteiger partial charge is 0.288 e. The van der Waals surface area contributed by atoms with Gasteiger partial charge < -0.3 is 0 Å². The molecule has 4 aromatic rings. The first-order valence-electron chi connectivity index (χ1n) is 7.89. The highest BCUT2D eigenvalue weighted by Crippen LogP contribution is 2.26. The lowest BCUT2D eigenvalue weighted by Crippen LogP contribution is -2.19. The molecule has 0 aliphatic heterocycles. The van der Waals surface area contributed by atoms with E-state index in [4.69, 9.17) is 5.26 Å². The van der Waals surface area contributed by atoms with E-state index in [1.54, 1.807) is 13.1 Å². The summed E-state index contributed by atoms with van der Waals surface area (Å²) in [7, 11) is 0. The number of hydrogen-bond donors (Lipinski definition) is 1. The predicted octanol–water partition coefficient (Wildman–Crippen LogP) is 3.73. The number of nitriles is 1. The summed E-state index contributed by atoms with van der Waals surface area (Å²) in [5, 5.41) is 12.6. The summed E-state index contributed by atoms with van der Waals surface area (Å²) < 4.78 is 2.41. The second kappa shape index (κ2) is 6.43. The predicted molar refractivity (Wildman–Crippen MR) is 103 cm³/mol. The maximum atomic E-state index is 13.1. The molecular formula is C19H13N5OS. The van der Waals surface area contributed by atoms with Gasteiger partial charge in [0.15, 0.2) is 0 Å². The van der Waals surface area contributed by atoms with Crippen LogP contribution in [-0.4, -0.2) is 20.5 Å². The lowest BCUT2D eigenvalue weighted by atomic mass is 10.1. The van der Waals surface area contributed by atoms with E-state index in [0.717, 1.165) is 15.8 Å². The van der Waals surface area contributed by atoms with Crippen molar-refractivity contribution in [3.8, 4) is 22.6 Å². The number of H-pyrrole nitrogens is 1. The quantitative estimate of drug-likeness (QED) is 0.446. The summed E-state index contributed by atoms with van der Waals surface area (Å²) in [4.78, 5) is 21.4. The third-order valence-electron chi connectivity index (χ3n) is 4.01. The van der Waals surface area contributed by atoms with E-state index >= 15 is 0 Å². The first kappa shape index (κ1) is 16.0. The van der Waals surface area contributed by atoms with Crippen LogP contribution in [-0.2, 0) is 0 Å². The number of thiazole rings is 1. The number of rotatable bonds is 3. The third kappa shape index (κ3) is 2.62. The van der Waals surface area contributed by atoms with Gasteiger partial charge in [-0.15, -0.1) is 0 Å². The Labute approximate surface area is 152 Å². The van der Waals surface area contributed by atoms with E-state index in [0.29, 0.717) is 22.1 Å². The number of aromatic amines is 1. The SMILES string of the molecule is CC(=NC#N)c1c(-c2ccccc2)[nH]n(-c2nc3ccccc3s2)c1=O. The number of nitrogens with zero attached hydrogens (tertiary/aromatic N) is 4. The Kier molecular flexibility index (Phi) is 3.95. The normalized spacial score (nSPS) is 11.6. The fraction of sp³-hybridized carbons (Fsp3) is 0.0526. The van der Waals surface area contributed by atoms with Gasteiger partial charge in [-0.25, -0.2) is 4.98 Å². The van der Waals surface area contributed by atoms with E-state index < -0.39 is 0 Å². The molecule has 0 unspecified atom stereocenters. The van der Waals surface area contributed by atoms with Crippen molar-refractivity contribution < 1.29 is 0 Å². The minimum atomic E-state index is -0.278. The highest BCUT2D eigenvalue weighted by atomic mass is 32.1. The van der Waals surface area contributed by atoms with Crippen LogP contribution in [0, 0.1) is 11.5 Å². The molecule has 2 aromatic heterocycles. The third-order valence-corrected chi connectivity index (χ3v) is 5.03. The van der Waals surface area contributed by atoms with Crippen LogP contribution >= 0.6 is 11.3 Å². The molecule has 7 heteroatoms. The lowest BCUT2D eigenvalue weighted by Gasteiger charge is -2.00. The van der Waals surface area contributed by atoms with Crippen LogP contribution < -0.4 is 5.56 Å². The lowest BCUT2D eigenvalue weighted by molar-refractivity contribution is 0.845. The number of benzene rings is 2. The Morgan fingerprint density at radius 1 is 1.19 bits per heavy atom. The standard InChI is InChI=1S/C19H13N5OS/c1-12(21-11-20)16-17(13-7-3-2-4-8-13)23-24(18(16)25)19-22-14-9-5-6-10-15(14)26-19/h2-10,23H,1H3. The van der Waals surface area contributed by atoms with Gasteiger partial charge in [0, 0.05) is 5.56 Å². The first-order valence-corrected chi connectivity index (χ1v) is 8.71. The van der Waals surface area contributed by atoms with Gasteiger partial charge in [-0.2, -0.15) is 14.9 Å². The van der Waals surface area contributed by atoms with Crippen LogP contribution in [0.15, 0.2) is 64.4 Å². The molecule has 26 heavy (non-hydrogen) atoms. The summed E-state index contributed by atoms with van der Waals surface area (Å²) in [6, 6.07) is 17.2. The van der Waals surface area contributed by atoms with Crippen LogP contribution in [0.3, 0.4) is 0 Å². The van der Waals surface area contributed by atoms with Gasteiger partial charge in [0.25, 0.3) is 5.56 Å². The molecule has 0 bridgehead atoms. The maximum Gasteiger partial charge on any atom is 0.283 e. The fourth-order valence-corrected chi connectivity index (χ4v) is 3.73.